The number of anilines is 3. The minimum atomic E-state index is -0.284. The van der Waals surface area contributed by atoms with Crippen molar-refractivity contribution in [2.45, 2.75) is 45.1 Å². The summed E-state index contributed by atoms with van der Waals surface area (Å²) in [6, 6.07) is 15.5. The first-order valence-corrected chi connectivity index (χ1v) is 15.3. The Kier molecular flexibility index (Phi) is 7.69. The molecule has 11 heteroatoms. The molecule has 0 radical (unpaired) electrons. The number of fused-ring (bicyclic) bond motifs is 3. The highest BCUT2D eigenvalue weighted by atomic mass is 16.5. The first-order chi connectivity index (χ1) is 21.0. The fourth-order valence-corrected chi connectivity index (χ4v) is 6.28. The Bertz CT molecular complexity index is 1570. The highest BCUT2D eigenvalue weighted by Gasteiger charge is 2.35. The number of ether oxygens (including phenoxy) is 1. The summed E-state index contributed by atoms with van der Waals surface area (Å²) < 4.78 is 7.99. The summed E-state index contributed by atoms with van der Waals surface area (Å²) in [6.45, 7) is 9.75. The van der Waals surface area contributed by atoms with Crippen molar-refractivity contribution in [3.8, 4) is 11.4 Å². The number of piperazine rings is 1. The van der Waals surface area contributed by atoms with Crippen LogP contribution in [0.15, 0.2) is 54.7 Å². The van der Waals surface area contributed by atoms with Crippen LogP contribution in [0.25, 0.3) is 22.4 Å². The van der Waals surface area contributed by atoms with Crippen LogP contribution >= 0.6 is 0 Å². The molecule has 2 N–H and O–H groups in total. The Labute approximate surface area is 251 Å². The van der Waals surface area contributed by atoms with Gasteiger partial charge in [0, 0.05) is 69.3 Å². The number of likely N-dealkylation sites (N-methyl/N-ethyl adjacent to an activating group) is 1. The molecule has 4 aromatic rings. The zero-order valence-corrected chi connectivity index (χ0v) is 24.9. The highest BCUT2D eigenvalue weighted by Crippen LogP contribution is 2.33. The molecule has 2 aromatic heterocycles. The van der Waals surface area contributed by atoms with Gasteiger partial charge in [-0.25, -0.2) is 19.4 Å². The first-order valence-electron chi connectivity index (χ1n) is 15.3. The number of hydrogen-bond donors (Lipinski definition) is 2. The van der Waals surface area contributed by atoms with Crippen LogP contribution in [0.5, 0.6) is 0 Å². The largest absolute Gasteiger partial charge is 0.371 e. The second kappa shape index (κ2) is 11.9. The molecule has 0 aliphatic carbocycles. The van der Waals surface area contributed by atoms with E-state index in [0.29, 0.717) is 11.5 Å². The van der Waals surface area contributed by atoms with Crippen LogP contribution in [0.2, 0.25) is 0 Å². The Balaban J connectivity index is 1.02. The number of aromatic nitrogens is 4. The van der Waals surface area contributed by atoms with Crippen molar-refractivity contribution < 1.29 is 9.53 Å². The molecule has 0 saturated carbocycles. The van der Waals surface area contributed by atoms with Crippen LogP contribution in [0.1, 0.15) is 25.3 Å². The molecule has 224 valence electrons. The number of amides is 2. The standard InChI is InChI=1S/C32H39N9O2/c1-3-41-31-28(18-33-41)30(40-20-26-12-13-27(21-40)43-26)36-29(37-31)23-6-10-25(11-7-23)35-32(42)34-24-8-4-22(5-9-24)19-39-16-14-38(2)15-17-39/h4-11,18,26-27H,3,12-17,19-21H2,1-2H3,(H2,34,35,42). The molecule has 11 nitrogen and oxygen atoms in total. The number of rotatable bonds is 7. The number of aryl methyl sites for hydroxylation is 1. The van der Waals surface area contributed by atoms with Gasteiger partial charge in [-0.1, -0.05) is 12.1 Å². The van der Waals surface area contributed by atoms with Crippen LogP contribution in [0.3, 0.4) is 0 Å². The lowest BCUT2D eigenvalue weighted by molar-refractivity contribution is 0.0303. The van der Waals surface area contributed by atoms with E-state index >= 15 is 0 Å². The van der Waals surface area contributed by atoms with E-state index in [9.17, 15) is 4.79 Å². The van der Waals surface area contributed by atoms with Crippen molar-refractivity contribution in [3.05, 3.63) is 60.3 Å². The van der Waals surface area contributed by atoms with E-state index in [0.717, 1.165) is 93.3 Å². The van der Waals surface area contributed by atoms with Gasteiger partial charge in [0.1, 0.15) is 5.82 Å². The van der Waals surface area contributed by atoms with Gasteiger partial charge in [0.05, 0.1) is 23.8 Å². The number of nitrogens with zero attached hydrogens (tertiary/aromatic N) is 7. The lowest BCUT2D eigenvalue weighted by atomic mass is 10.1. The second-order valence-corrected chi connectivity index (χ2v) is 11.9. The summed E-state index contributed by atoms with van der Waals surface area (Å²) in [5.74, 6) is 1.56. The third kappa shape index (κ3) is 6.06. The van der Waals surface area contributed by atoms with E-state index < -0.39 is 0 Å². The average molecular weight is 582 g/mol. The van der Waals surface area contributed by atoms with Gasteiger partial charge in [-0.05, 0) is 68.8 Å². The molecule has 2 atom stereocenters. The lowest BCUT2D eigenvalue weighted by Crippen LogP contribution is -2.43. The van der Waals surface area contributed by atoms with E-state index in [-0.39, 0.29) is 18.2 Å². The van der Waals surface area contributed by atoms with Crippen molar-refractivity contribution in [2.24, 2.45) is 0 Å². The van der Waals surface area contributed by atoms with Gasteiger partial charge in [0.15, 0.2) is 11.5 Å². The normalized spacial score (nSPS) is 20.9. The van der Waals surface area contributed by atoms with Crippen molar-refractivity contribution in [3.63, 3.8) is 0 Å². The third-order valence-electron chi connectivity index (χ3n) is 8.73. The molecule has 3 aliphatic heterocycles. The minimum absolute atomic E-state index is 0.255. The predicted octanol–water partition coefficient (Wildman–Crippen LogP) is 4.27. The van der Waals surface area contributed by atoms with Crippen LogP contribution in [0, 0.1) is 0 Å². The lowest BCUT2D eigenvalue weighted by Gasteiger charge is -2.33. The van der Waals surface area contributed by atoms with Gasteiger partial charge in [-0.2, -0.15) is 5.10 Å². The Morgan fingerprint density at radius 2 is 1.56 bits per heavy atom. The van der Waals surface area contributed by atoms with Gasteiger partial charge >= 0.3 is 6.03 Å². The maximum atomic E-state index is 12.7. The summed E-state index contributed by atoms with van der Waals surface area (Å²) in [7, 11) is 2.17. The zero-order chi connectivity index (χ0) is 29.3. The monoisotopic (exact) mass is 581 g/mol. The van der Waals surface area contributed by atoms with Crippen molar-refractivity contribution in [1.29, 1.82) is 0 Å². The summed E-state index contributed by atoms with van der Waals surface area (Å²) in [6.07, 6.45) is 4.58. The molecule has 3 fully saturated rings. The van der Waals surface area contributed by atoms with Gasteiger partial charge in [-0.3, -0.25) is 4.90 Å². The van der Waals surface area contributed by atoms with Crippen molar-refractivity contribution in [1.82, 2.24) is 29.5 Å². The number of morpholine rings is 1. The van der Waals surface area contributed by atoms with E-state index in [2.05, 4.69) is 56.5 Å². The summed E-state index contributed by atoms with van der Waals surface area (Å²) in [5.41, 5.74) is 4.41. The van der Waals surface area contributed by atoms with E-state index in [1.807, 2.05) is 47.3 Å². The SMILES string of the molecule is CCn1ncc2c(N3CC4CCC(C3)O4)nc(-c3ccc(NC(=O)Nc4ccc(CN5CCN(C)CC5)cc4)cc3)nc21. The maximum Gasteiger partial charge on any atom is 0.323 e. The van der Waals surface area contributed by atoms with Gasteiger partial charge in [-0.15, -0.1) is 0 Å². The van der Waals surface area contributed by atoms with Crippen LogP contribution < -0.4 is 15.5 Å². The molecule has 7 rings (SSSR count). The fourth-order valence-electron chi connectivity index (χ4n) is 6.28. The molecule has 3 saturated heterocycles. The van der Waals surface area contributed by atoms with Crippen molar-refractivity contribution >= 4 is 34.3 Å². The third-order valence-corrected chi connectivity index (χ3v) is 8.73. The van der Waals surface area contributed by atoms with Gasteiger partial charge < -0.3 is 25.2 Å². The zero-order valence-electron chi connectivity index (χ0n) is 24.9. The first kappa shape index (κ1) is 27.8. The Hall–Kier alpha value is -4.06. The molecule has 2 unspecified atom stereocenters. The molecule has 2 aromatic carbocycles. The van der Waals surface area contributed by atoms with Gasteiger partial charge in [0.25, 0.3) is 0 Å². The molecular weight excluding hydrogens is 542 g/mol. The number of nitrogens with one attached hydrogen (secondary N) is 2. The molecule has 43 heavy (non-hydrogen) atoms. The molecule has 2 bridgehead atoms. The van der Waals surface area contributed by atoms with E-state index in [4.69, 9.17) is 14.7 Å². The number of hydrogen-bond acceptors (Lipinski definition) is 8. The summed E-state index contributed by atoms with van der Waals surface area (Å²) in [5, 5.41) is 11.4. The Morgan fingerprint density at radius 1 is 0.907 bits per heavy atom. The number of benzene rings is 2. The average Bonchev–Trinajstić information content (AvgIpc) is 3.60. The fraction of sp³-hybridized carbons (Fsp3) is 0.438. The number of carbonyl (C=O) groups excluding carboxylic acids is 1. The van der Waals surface area contributed by atoms with Crippen LogP contribution in [-0.4, -0.2) is 94.1 Å². The summed E-state index contributed by atoms with van der Waals surface area (Å²) >= 11 is 0. The number of urea groups is 1. The van der Waals surface area contributed by atoms with Gasteiger partial charge in [0.2, 0.25) is 0 Å². The predicted molar refractivity (Wildman–Crippen MR) is 168 cm³/mol. The molecular formula is C32H39N9O2. The smallest absolute Gasteiger partial charge is 0.323 e. The summed E-state index contributed by atoms with van der Waals surface area (Å²) in [4.78, 5) is 29.8. The van der Waals surface area contributed by atoms with E-state index in [1.165, 1.54) is 5.56 Å². The molecule has 5 heterocycles. The molecule has 0 spiro atoms. The van der Waals surface area contributed by atoms with Crippen LogP contribution in [-0.2, 0) is 17.8 Å². The topological polar surface area (TPSA) is 104 Å². The molecule has 3 aliphatic rings. The minimum Gasteiger partial charge on any atom is -0.371 e. The highest BCUT2D eigenvalue weighted by molar-refractivity contribution is 5.99. The maximum absolute atomic E-state index is 12.7. The quantitative estimate of drug-likeness (QED) is 0.334. The second-order valence-electron chi connectivity index (χ2n) is 11.9. The Morgan fingerprint density at radius 3 is 2.21 bits per heavy atom. The molecule has 2 amide bonds. The van der Waals surface area contributed by atoms with Crippen molar-refractivity contribution in [2.75, 3.05) is 61.8 Å². The van der Waals surface area contributed by atoms with Crippen LogP contribution in [0.4, 0.5) is 22.0 Å². The number of carbonyl (C=O) groups is 1. The van der Waals surface area contributed by atoms with E-state index in [1.54, 1.807) is 0 Å².